The summed E-state index contributed by atoms with van der Waals surface area (Å²) < 4.78 is 0. The lowest BCUT2D eigenvalue weighted by molar-refractivity contribution is -0.384. The molecule has 0 bridgehead atoms. The minimum Gasteiger partial charge on any atom is -0.480 e. The highest BCUT2D eigenvalue weighted by molar-refractivity contribution is 5.78. The van der Waals surface area contributed by atoms with Crippen LogP contribution >= 0.6 is 0 Å². The summed E-state index contributed by atoms with van der Waals surface area (Å²) in [6.45, 7) is 3.45. The number of nitrogens with one attached hydrogen (secondary N) is 1. The van der Waals surface area contributed by atoms with Crippen LogP contribution in [0.1, 0.15) is 19.4 Å². The molecule has 0 saturated heterocycles. The predicted molar refractivity (Wildman–Crippen MR) is 67.7 cm³/mol. The predicted octanol–water partition coefficient (Wildman–Crippen LogP) is 1.99. The third kappa shape index (κ3) is 3.42. The first-order valence-electron chi connectivity index (χ1n) is 5.54. The third-order valence-corrected chi connectivity index (χ3v) is 2.58. The third-order valence-electron chi connectivity index (χ3n) is 2.58. The Bertz CT molecular complexity index is 548. The molecule has 0 saturated carbocycles. The minimum absolute atomic E-state index is 0.0427. The summed E-state index contributed by atoms with van der Waals surface area (Å²) in [4.78, 5) is 21.1. The van der Waals surface area contributed by atoms with Gasteiger partial charge in [0.15, 0.2) is 0 Å². The van der Waals surface area contributed by atoms with Gasteiger partial charge in [-0.15, -0.1) is 0 Å². The van der Waals surface area contributed by atoms with Crippen molar-refractivity contribution in [1.82, 2.24) is 0 Å². The molecule has 1 atom stereocenters. The molecule has 0 unspecified atom stereocenters. The molecule has 2 N–H and O–H groups in total. The fourth-order valence-electron chi connectivity index (χ4n) is 1.55. The van der Waals surface area contributed by atoms with Gasteiger partial charge in [0.2, 0.25) is 0 Å². The summed E-state index contributed by atoms with van der Waals surface area (Å²) in [5, 5.41) is 31.3. The van der Waals surface area contributed by atoms with Gasteiger partial charge in [0.25, 0.3) is 5.69 Å². The molecule has 0 aromatic heterocycles. The number of carbonyl (C=O) groups is 1. The highest BCUT2D eigenvalue weighted by atomic mass is 16.6. The fraction of sp³-hybridized carbons (Fsp3) is 0.333. The first-order chi connectivity index (χ1) is 8.86. The summed E-state index contributed by atoms with van der Waals surface area (Å²) in [6.07, 6.45) is 0. The maximum Gasteiger partial charge on any atom is 0.326 e. The number of hydrogen-bond acceptors (Lipinski definition) is 5. The minimum atomic E-state index is -1.04. The number of hydrogen-bond donors (Lipinski definition) is 2. The van der Waals surface area contributed by atoms with E-state index in [-0.39, 0.29) is 22.9 Å². The average Bonchev–Trinajstić information content (AvgIpc) is 2.34. The van der Waals surface area contributed by atoms with E-state index in [9.17, 15) is 14.9 Å². The quantitative estimate of drug-likeness (QED) is 0.619. The molecule has 1 rings (SSSR count). The Morgan fingerprint density at radius 3 is 2.58 bits per heavy atom. The molecule has 7 nitrogen and oxygen atoms in total. The molecule has 7 heteroatoms. The van der Waals surface area contributed by atoms with Crippen LogP contribution in [-0.2, 0) is 4.79 Å². The monoisotopic (exact) mass is 263 g/mol. The molecule has 100 valence electrons. The molecule has 0 aliphatic carbocycles. The van der Waals surface area contributed by atoms with Crippen molar-refractivity contribution >= 4 is 17.3 Å². The first kappa shape index (κ1) is 14.4. The number of aliphatic carboxylic acids is 1. The molecule has 0 radical (unpaired) electrons. The van der Waals surface area contributed by atoms with Crippen LogP contribution in [0.15, 0.2) is 18.2 Å². The van der Waals surface area contributed by atoms with Crippen LogP contribution < -0.4 is 5.32 Å². The van der Waals surface area contributed by atoms with Crippen LogP contribution in [-0.4, -0.2) is 22.0 Å². The Morgan fingerprint density at radius 2 is 2.16 bits per heavy atom. The number of anilines is 1. The molecule has 0 aliphatic rings. The van der Waals surface area contributed by atoms with E-state index in [1.807, 2.05) is 6.07 Å². The number of benzene rings is 1. The molecular weight excluding hydrogens is 250 g/mol. The van der Waals surface area contributed by atoms with E-state index in [4.69, 9.17) is 10.4 Å². The second-order valence-electron chi connectivity index (χ2n) is 4.30. The van der Waals surface area contributed by atoms with Crippen molar-refractivity contribution in [3.63, 3.8) is 0 Å². The largest absolute Gasteiger partial charge is 0.480 e. The van der Waals surface area contributed by atoms with Gasteiger partial charge in [-0.2, -0.15) is 5.26 Å². The van der Waals surface area contributed by atoms with E-state index in [0.717, 1.165) is 6.07 Å². The van der Waals surface area contributed by atoms with E-state index in [1.165, 1.54) is 12.1 Å². The molecular formula is C12H13N3O4. The van der Waals surface area contributed by atoms with Crippen molar-refractivity contribution in [1.29, 1.82) is 5.26 Å². The molecule has 0 fully saturated rings. The number of carboxylic acids is 1. The topological polar surface area (TPSA) is 116 Å². The first-order valence-corrected chi connectivity index (χ1v) is 5.54. The number of nitriles is 1. The standard InChI is InChI=1S/C12H13N3O4/c1-7(2)11(12(16)17)14-10-4-3-9(15(18)19)5-8(10)6-13/h3-5,7,11,14H,1-2H3,(H,16,17)/t11-/m0/s1. The van der Waals surface area contributed by atoms with Crippen molar-refractivity contribution in [3.8, 4) is 6.07 Å². The summed E-state index contributed by atoms with van der Waals surface area (Å²) >= 11 is 0. The van der Waals surface area contributed by atoms with Crippen molar-refractivity contribution in [2.24, 2.45) is 5.92 Å². The number of nitro benzene ring substituents is 1. The van der Waals surface area contributed by atoms with Gasteiger partial charge in [0.1, 0.15) is 12.1 Å². The summed E-state index contributed by atoms with van der Waals surface area (Å²) in [6, 6.07) is 4.63. The molecule has 19 heavy (non-hydrogen) atoms. The maximum absolute atomic E-state index is 11.1. The van der Waals surface area contributed by atoms with Gasteiger partial charge >= 0.3 is 5.97 Å². The van der Waals surface area contributed by atoms with Crippen LogP contribution in [0.5, 0.6) is 0 Å². The zero-order valence-electron chi connectivity index (χ0n) is 10.5. The summed E-state index contributed by atoms with van der Waals surface area (Å²) in [5.41, 5.74) is 0.105. The Morgan fingerprint density at radius 1 is 1.53 bits per heavy atom. The number of nitro groups is 1. The van der Waals surface area contributed by atoms with E-state index >= 15 is 0 Å². The second kappa shape index (κ2) is 5.82. The molecule has 0 aliphatic heterocycles. The fourth-order valence-corrected chi connectivity index (χ4v) is 1.55. The van der Waals surface area contributed by atoms with Crippen molar-refractivity contribution in [2.45, 2.75) is 19.9 Å². The van der Waals surface area contributed by atoms with Crippen LogP contribution in [0.3, 0.4) is 0 Å². The van der Waals surface area contributed by atoms with E-state index in [1.54, 1.807) is 13.8 Å². The van der Waals surface area contributed by atoms with Crippen molar-refractivity contribution < 1.29 is 14.8 Å². The SMILES string of the molecule is CC(C)[C@H](Nc1ccc([N+](=O)[O-])cc1C#N)C(=O)O. The van der Waals surface area contributed by atoms with Crippen LogP contribution in [0.4, 0.5) is 11.4 Å². The number of carboxylic acid groups (broad SMARTS) is 1. The Balaban J connectivity index is 3.11. The Hall–Kier alpha value is -2.62. The molecule has 0 heterocycles. The molecule has 0 amide bonds. The van der Waals surface area contributed by atoms with Gasteiger partial charge in [0.05, 0.1) is 16.2 Å². The van der Waals surface area contributed by atoms with Gasteiger partial charge in [-0.3, -0.25) is 10.1 Å². The highest BCUT2D eigenvalue weighted by Crippen LogP contribution is 2.23. The summed E-state index contributed by atoms with van der Waals surface area (Å²) in [5.74, 6) is -1.24. The molecule has 1 aromatic carbocycles. The molecule has 0 spiro atoms. The number of non-ortho nitro benzene ring substituents is 1. The van der Waals surface area contributed by atoms with Crippen LogP contribution in [0, 0.1) is 27.4 Å². The number of rotatable bonds is 5. The highest BCUT2D eigenvalue weighted by Gasteiger charge is 2.22. The smallest absolute Gasteiger partial charge is 0.326 e. The van der Waals surface area contributed by atoms with Gasteiger partial charge < -0.3 is 10.4 Å². The second-order valence-corrected chi connectivity index (χ2v) is 4.30. The van der Waals surface area contributed by atoms with Gasteiger partial charge in [-0.25, -0.2) is 4.79 Å². The maximum atomic E-state index is 11.1. The van der Waals surface area contributed by atoms with E-state index in [0.29, 0.717) is 0 Å². The zero-order chi connectivity index (χ0) is 14.6. The van der Waals surface area contributed by atoms with E-state index < -0.39 is 16.9 Å². The summed E-state index contributed by atoms with van der Waals surface area (Å²) in [7, 11) is 0. The van der Waals surface area contributed by atoms with Gasteiger partial charge in [-0.05, 0) is 12.0 Å². The van der Waals surface area contributed by atoms with E-state index in [2.05, 4.69) is 5.32 Å². The Kier molecular flexibility index (Phi) is 4.42. The lowest BCUT2D eigenvalue weighted by atomic mass is 10.0. The Labute approximate surface area is 109 Å². The average molecular weight is 263 g/mol. The van der Waals surface area contributed by atoms with Crippen molar-refractivity contribution in [2.75, 3.05) is 5.32 Å². The van der Waals surface area contributed by atoms with Gasteiger partial charge in [-0.1, -0.05) is 13.8 Å². The van der Waals surface area contributed by atoms with Crippen molar-refractivity contribution in [3.05, 3.63) is 33.9 Å². The normalized spacial score (nSPS) is 11.7. The number of nitrogens with zero attached hydrogens (tertiary/aromatic N) is 2. The molecule has 1 aromatic rings. The lowest BCUT2D eigenvalue weighted by Crippen LogP contribution is -2.34. The van der Waals surface area contributed by atoms with Crippen LogP contribution in [0.2, 0.25) is 0 Å². The zero-order valence-corrected chi connectivity index (χ0v) is 10.5. The van der Waals surface area contributed by atoms with Gasteiger partial charge in [0, 0.05) is 12.1 Å². The van der Waals surface area contributed by atoms with Crippen LogP contribution in [0.25, 0.3) is 0 Å². The lowest BCUT2D eigenvalue weighted by Gasteiger charge is -2.19.